The first-order valence-corrected chi connectivity index (χ1v) is 13.5. The van der Waals surface area contributed by atoms with Crippen LogP contribution in [0, 0.1) is 11.3 Å². The molecule has 1 aliphatic rings. The van der Waals surface area contributed by atoms with Crippen LogP contribution in [0.2, 0.25) is 0 Å². The van der Waals surface area contributed by atoms with Crippen molar-refractivity contribution in [2.24, 2.45) is 0 Å². The van der Waals surface area contributed by atoms with Crippen LogP contribution in [0.15, 0.2) is 85.2 Å². The molecule has 5 aromatic rings. The van der Waals surface area contributed by atoms with Gasteiger partial charge in [0.05, 0.1) is 40.6 Å². The number of aryl methyl sites for hydroxylation is 1. The zero-order chi connectivity index (χ0) is 26.4. The maximum absolute atomic E-state index is 9.28. The van der Waals surface area contributed by atoms with Crippen LogP contribution in [0.25, 0.3) is 11.0 Å². The van der Waals surface area contributed by atoms with E-state index in [1.54, 1.807) is 18.3 Å². The number of hydrogen-bond acceptors (Lipinski definition) is 6. The highest BCUT2D eigenvalue weighted by atomic mass is 15.2. The summed E-state index contributed by atoms with van der Waals surface area (Å²) in [6.45, 7) is 2.81. The number of nitrogens with one attached hydrogen (secondary N) is 2. The molecule has 0 aliphatic heterocycles. The van der Waals surface area contributed by atoms with Crippen molar-refractivity contribution in [1.29, 1.82) is 5.26 Å². The first-order valence-electron chi connectivity index (χ1n) is 13.5. The van der Waals surface area contributed by atoms with Gasteiger partial charge in [-0.25, -0.2) is 4.98 Å². The average Bonchev–Trinajstić information content (AvgIpc) is 3.40. The van der Waals surface area contributed by atoms with E-state index in [9.17, 15) is 5.26 Å². The lowest BCUT2D eigenvalue weighted by molar-refractivity contribution is 0.153. The SMILES string of the molecule is N#Cc1cccnc1CNCc1ccc(CN(Cc2nc3ccccc3[nH]2)C2CCCc3cccnc32)cc1. The molecule has 3 aromatic heterocycles. The molecular weight excluding hydrogens is 482 g/mol. The van der Waals surface area contributed by atoms with Crippen LogP contribution in [0.5, 0.6) is 0 Å². The molecular formula is C32H31N7. The minimum Gasteiger partial charge on any atom is -0.341 e. The maximum Gasteiger partial charge on any atom is 0.121 e. The number of imidazole rings is 1. The third-order valence-electron chi connectivity index (χ3n) is 7.44. The number of aromatic nitrogens is 4. The summed E-state index contributed by atoms with van der Waals surface area (Å²) in [6, 6.07) is 27.3. The topological polar surface area (TPSA) is 93.5 Å². The third-order valence-corrected chi connectivity index (χ3v) is 7.44. The Morgan fingerprint density at radius 3 is 2.59 bits per heavy atom. The van der Waals surface area contributed by atoms with E-state index in [-0.39, 0.29) is 6.04 Å². The van der Waals surface area contributed by atoms with Gasteiger partial charge in [0.15, 0.2) is 0 Å². The van der Waals surface area contributed by atoms with Crippen LogP contribution in [0.4, 0.5) is 0 Å². The molecule has 0 saturated heterocycles. The van der Waals surface area contributed by atoms with E-state index in [0.717, 1.165) is 54.9 Å². The van der Waals surface area contributed by atoms with Crippen LogP contribution in [0.3, 0.4) is 0 Å². The van der Waals surface area contributed by atoms with Crippen molar-refractivity contribution in [2.45, 2.75) is 51.5 Å². The number of nitrogens with zero attached hydrogens (tertiary/aromatic N) is 5. The van der Waals surface area contributed by atoms with Gasteiger partial charge in [-0.1, -0.05) is 42.5 Å². The van der Waals surface area contributed by atoms with Crippen LogP contribution < -0.4 is 5.32 Å². The Morgan fingerprint density at radius 2 is 1.72 bits per heavy atom. The minimum absolute atomic E-state index is 0.247. The van der Waals surface area contributed by atoms with E-state index in [0.29, 0.717) is 18.7 Å². The highest BCUT2D eigenvalue weighted by molar-refractivity contribution is 5.74. The molecule has 2 N–H and O–H groups in total. The fourth-order valence-electron chi connectivity index (χ4n) is 5.49. The lowest BCUT2D eigenvalue weighted by Crippen LogP contribution is -2.31. The predicted molar refractivity (Wildman–Crippen MR) is 151 cm³/mol. The number of rotatable bonds is 9. The van der Waals surface area contributed by atoms with Gasteiger partial charge in [0.1, 0.15) is 11.9 Å². The number of aromatic amines is 1. The highest BCUT2D eigenvalue weighted by Crippen LogP contribution is 2.34. The van der Waals surface area contributed by atoms with Gasteiger partial charge >= 0.3 is 0 Å². The van der Waals surface area contributed by atoms with Crippen LogP contribution in [-0.4, -0.2) is 24.8 Å². The van der Waals surface area contributed by atoms with Gasteiger partial charge in [-0.15, -0.1) is 0 Å². The molecule has 1 unspecified atom stereocenters. The normalized spacial score (nSPS) is 14.8. The lowest BCUT2D eigenvalue weighted by atomic mass is 9.90. The summed E-state index contributed by atoms with van der Waals surface area (Å²) in [5, 5.41) is 12.7. The molecule has 194 valence electrons. The molecule has 1 atom stereocenters. The van der Waals surface area contributed by atoms with Gasteiger partial charge in [0.2, 0.25) is 0 Å². The number of para-hydroxylation sites is 2. The molecule has 6 rings (SSSR count). The second-order valence-corrected chi connectivity index (χ2v) is 10.1. The fraction of sp³-hybridized carbons (Fsp3) is 0.250. The van der Waals surface area contributed by atoms with E-state index in [1.165, 1.54) is 22.4 Å². The lowest BCUT2D eigenvalue weighted by Gasteiger charge is -2.34. The van der Waals surface area contributed by atoms with Gasteiger partial charge in [0.25, 0.3) is 0 Å². The van der Waals surface area contributed by atoms with Crippen LogP contribution in [-0.2, 0) is 32.6 Å². The Labute approximate surface area is 228 Å². The number of pyridine rings is 2. The molecule has 7 heteroatoms. The Morgan fingerprint density at radius 1 is 0.897 bits per heavy atom. The first-order chi connectivity index (χ1) is 19.3. The summed E-state index contributed by atoms with van der Waals surface area (Å²) in [4.78, 5) is 20.1. The minimum atomic E-state index is 0.247. The van der Waals surface area contributed by atoms with Gasteiger partial charge < -0.3 is 10.3 Å². The number of benzene rings is 2. The quantitative estimate of drug-likeness (QED) is 0.267. The Balaban J connectivity index is 1.18. The third kappa shape index (κ3) is 5.73. The fourth-order valence-corrected chi connectivity index (χ4v) is 5.49. The summed E-state index contributed by atoms with van der Waals surface area (Å²) >= 11 is 0. The van der Waals surface area contributed by atoms with Crippen molar-refractivity contribution in [3.8, 4) is 6.07 Å². The smallest absolute Gasteiger partial charge is 0.121 e. The van der Waals surface area contributed by atoms with Crippen LogP contribution in [0.1, 0.15) is 58.3 Å². The molecule has 7 nitrogen and oxygen atoms in total. The maximum atomic E-state index is 9.28. The largest absolute Gasteiger partial charge is 0.341 e. The standard InChI is InChI=1S/C32H31N7/c33-18-26-8-5-16-35-29(26)20-34-19-23-12-14-24(15-13-23)21-39(22-31-37-27-9-1-2-10-28(27)38-31)30-11-3-6-25-7-4-17-36-32(25)30/h1-2,4-5,7-10,12-17,30,34H,3,6,11,19-22H2,(H,37,38). The van der Waals surface area contributed by atoms with E-state index >= 15 is 0 Å². The van der Waals surface area contributed by atoms with Crippen molar-refractivity contribution in [2.75, 3.05) is 0 Å². The van der Waals surface area contributed by atoms with E-state index in [2.05, 4.69) is 68.7 Å². The number of H-pyrrole nitrogens is 1. The van der Waals surface area contributed by atoms with Gasteiger partial charge in [-0.2, -0.15) is 5.26 Å². The van der Waals surface area contributed by atoms with Gasteiger partial charge in [0, 0.05) is 32.0 Å². The van der Waals surface area contributed by atoms with Crippen molar-refractivity contribution in [3.05, 3.63) is 125 Å². The Kier molecular flexibility index (Phi) is 7.39. The predicted octanol–water partition coefficient (Wildman–Crippen LogP) is 5.59. The summed E-state index contributed by atoms with van der Waals surface area (Å²) in [7, 11) is 0. The first kappa shape index (κ1) is 24.9. The van der Waals surface area contributed by atoms with E-state index < -0.39 is 0 Å². The molecule has 1 aliphatic carbocycles. The van der Waals surface area contributed by atoms with Crippen LogP contribution >= 0.6 is 0 Å². The molecule has 0 spiro atoms. The second-order valence-electron chi connectivity index (χ2n) is 10.1. The summed E-state index contributed by atoms with van der Waals surface area (Å²) < 4.78 is 0. The molecule has 0 saturated carbocycles. The Bertz CT molecular complexity index is 1570. The second kappa shape index (κ2) is 11.6. The molecule has 3 heterocycles. The zero-order valence-electron chi connectivity index (χ0n) is 21.8. The van der Waals surface area contributed by atoms with Gasteiger partial charge in [-0.3, -0.25) is 14.9 Å². The molecule has 0 amide bonds. The molecule has 0 fully saturated rings. The van der Waals surface area contributed by atoms with Crippen molar-refractivity contribution in [1.82, 2.24) is 30.2 Å². The number of nitriles is 1. The molecule has 0 bridgehead atoms. The van der Waals surface area contributed by atoms with E-state index in [4.69, 9.17) is 9.97 Å². The number of hydrogen-bond donors (Lipinski definition) is 2. The summed E-state index contributed by atoms with van der Waals surface area (Å²) in [5.41, 5.74) is 8.47. The highest BCUT2D eigenvalue weighted by Gasteiger charge is 2.28. The summed E-state index contributed by atoms with van der Waals surface area (Å²) in [6.07, 6.45) is 6.99. The van der Waals surface area contributed by atoms with Crippen molar-refractivity contribution < 1.29 is 0 Å². The Hall–Kier alpha value is -4.38. The van der Waals surface area contributed by atoms with Gasteiger partial charge in [-0.05, 0) is 66.3 Å². The zero-order valence-corrected chi connectivity index (χ0v) is 21.8. The molecule has 39 heavy (non-hydrogen) atoms. The van der Waals surface area contributed by atoms with E-state index in [1.807, 2.05) is 24.4 Å². The van der Waals surface area contributed by atoms with Crippen molar-refractivity contribution >= 4 is 11.0 Å². The average molecular weight is 514 g/mol. The molecule has 2 aromatic carbocycles. The monoisotopic (exact) mass is 513 g/mol. The molecule has 0 radical (unpaired) electrons. The number of fused-ring (bicyclic) bond motifs is 2. The van der Waals surface area contributed by atoms with Crippen molar-refractivity contribution in [3.63, 3.8) is 0 Å². The summed E-state index contributed by atoms with van der Waals surface area (Å²) in [5.74, 6) is 0.978.